The standard InChI is InChI=1S/C18H21N3O3/c1-5-19-7-10-22-11-8-21-15-4-6-20-13-18(15)24-17-3-2-14(23-9-1)12-16(17)21/h2-4,6,12-13,19H,1,5,7-11H2. The highest BCUT2D eigenvalue weighted by Gasteiger charge is 2.25. The summed E-state index contributed by atoms with van der Waals surface area (Å²) in [5.74, 6) is 2.44. The first-order valence-electron chi connectivity index (χ1n) is 8.36. The minimum atomic E-state index is 0.647. The number of hydrogen-bond donors (Lipinski definition) is 1. The Morgan fingerprint density at radius 2 is 2.00 bits per heavy atom. The van der Waals surface area contributed by atoms with Crippen LogP contribution in [0.5, 0.6) is 17.2 Å². The third kappa shape index (κ3) is 3.16. The quantitative estimate of drug-likeness (QED) is 0.803. The predicted octanol–water partition coefficient (Wildman–Crippen LogP) is 2.71. The molecule has 0 atom stereocenters. The van der Waals surface area contributed by atoms with Crippen LogP contribution in [0.15, 0.2) is 36.7 Å². The van der Waals surface area contributed by atoms with Crippen molar-refractivity contribution >= 4 is 11.4 Å². The zero-order valence-corrected chi connectivity index (χ0v) is 13.5. The monoisotopic (exact) mass is 327 g/mol. The first kappa shape index (κ1) is 15.2. The summed E-state index contributed by atoms with van der Waals surface area (Å²) >= 11 is 0. The van der Waals surface area contributed by atoms with Crippen LogP contribution in [-0.4, -0.2) is 44.4 Å². The maximum absolute atomic E-state index is 6.00. The van der Waals surface area contributed by atoms with Crippen LogP contribution in [-0.2, 0) is 4.74 Å². The number of hydrogen-bond acceptors (Lipinski definition) is 6. The molecule has 1 N–H and O–H groups in total. The van der Waals surface area contributed by atoms with Gasteiger partial charge in [0.1, 0.15) is 5.75 Å². The molecular weight excluding hydrogens is 306 g/mol. The third-order valence-corrected chi connectivity index (χ3v) is 4.14. The molecule has 0 aliphatic carbocycles. The molecular formula is C18H21N3O3. The molecule has 6 heteroatoms. The van der Waals surface area contributed by atoms with Crippen molar-refractivity contribution in [1.82, 2.24) is 10.3 Å². The molecule has 2 bridgehead atoms. The number of nitrogens with zero attached hydrogens (tertiary/aromatic N) is 2. The van der Waals surface area contributed by atoms with Crippen LogP contribution in [0.3, 0.4) is 0 Å². The van der Waals surface area contributed by atoms with Gasteiger partial charge in [0.25, 0.3) is 0 Å². The van der Waals surface area contributed by atoms with Crippen LogP contribution in [0.25, 0.3) is 0 Å². The summed E-state index contributed by atoms with van der Waals surface area (Å²) in [6, 6.07) is 7.92. The van der Waals surface area contributed by atoms with Crippen LogP contribution in [0.1, 0.15) is 6.42 Å². The second kappa shape index (κ2) is 7.07. The van der Waals surface area contributed by atoms with Gasteiger partial charge in [0.15, 0.2) is 11.5 Å². The summed E-state index contributed by atoms with van der Waals surface area (Å²) in [6.45, 7) is 4.59. The SMILES string of the molecule is c1cc2c(cn1)Oc1ccc3cc1N2CCOCCNCCCO3. The van der Waals surface area contributed by atoms with E-state index >= 15 is 0 Å². The van der Waals surface area contributed by atoms with Gasteiger partial charge in [-0.15, -0.1) is 0 Å². The molecule has 3 heterocycles. The van der Waals surface area contributed by atoms with Gasteiger partial charge >= 0.3 is 0 Å². The molecule has 1 aromatic carbocycles. The third-order valence-electron chi connectivity index (χ3n) is 4.14. The Kier molecular flexibility index (Phi) is 4.49. The Bertz CT molecular complexity index is 708. The van der Waals surface area contributed by atoms with E-state index in [-0.39, 0.29) is 0 Å². The van der Waals surface area contributed by atoms with E-state index in [1.807, 2.05) is 24.3 Å². The minimum absolute atomic E-state index is 0.647. The second-order valence-corrected chi connectivity index (χ2v) is 5.79. The molecule has 0 amide bonds. The Morgan fingerprint density at radius 1 is 1.00 bits per heavy atom. The number of fused-ring (bicyclic) bond motifs is 3. The molecule has 0 spiro atoms. The number of aromatic nitrogens is 1. The molecule has 2 aliphatic heterocycles. The fourth-order valence-corrected chi connectivity index (χ4v) is 2.96. The van der Waals surface area contributed by atoms with Crippen molar-refractivity contribution < 1.29 is 14.2 Å². The molecule has 0 unspecified atom stereocenters. The summed E-state index contributed by atoms with van der Waals surface area (Å²) in [7, 11) is 0. The number of pyridine rings is 1. The van der Waals surface area contributed by atoms with E-state index in [9.17, 15) is 0 Å². The van der Waals surface area contributed by atoms with Gasteiger partial charge in [-0.2, -0.15) is 0 Å². The molecule has 0 radical (unpaired) electrons. The molecule has 0 saturated heterocycles. The summed E-state index contributed by atoms with van der Waals surface area (Å²) in [6.07, 6.45) is 4.49. The highest BCUT2D eigenvalue weighted by atomic mass is 16.5. The van der Waals surface area contributed by atoms with Gasteiger partial charge in [0.05, 0.1) is 37.4 Å². The van der Waals surface area contributed by atoms with Crippen LogP contribution >= 0.6 is 0 Å². The van der Waals surface area contributed by atoms with Gasteiger partial charge in [-0.3, -0.25) is 4.98 Å². The Morgan fingerprint density at radius 3 is 3.00 bits per heavy atom. The second-order valence-electron chi connectivity index (χ2n) is 5.79. The lowest BCUT2D eigenvalue weighted by Gasteiger charge is -2.32. The Labute approximate surface area is 141 Å². The van der Waals surface area contributed by atoms with Crippen molar-refractivity contribution in [2.45, 2.75) is 6.42 Å². The van der Waals surface area contributed by atoms with Gasteiger partial charge in [0.2, 0.25) is 0 Å². The normalized spacial score (nSPS) is 17.9. The van der Waals surface area contributed by atoms with Crippen LogP contribution in [0.2, 0.25) is 0 Å². The number of ether oxygens (including phenoxy) is 3. The van der Waals surface area contributed by atoms with Gasteiger partial charge in [-0.05, 0) is 31.2 Å². The van der Waals surface area contributed by atoms with Crippen molar-refractivity contribution in [2.24, 2.45) is 0 Å². The van der Waals surface area contributed by atoms with E-state index in [4.69, 9.17) is 14.2 Å². The van der Waals surface area contributed by atoms with E-state index in [2.05, 4.69) is 15.2 Å². The van der Waals surface area contributed by atoms with E-state index in [1.165, 1.54) is 0 Å². The molecule has 2 aromatic rings. The molecule has 126 valence electrons. The Hall–Kier alpha value is -2.31. The zero-order valence-electron chi connectivity index (χ0n) is 13.5. The first-order chi connectivity index (χ1) is 11.9. The maximum Gasteiger partial charge on any atom is 0.169 e. The fraction of sp³-hybridized carbons (Fsp3) is 0.389. The highest BCUT2D eigenvalue weighted by Crippen LogP contribution is 2.47. The fourth-order valence-electron chi connectivity index (χ4n) is 2.96. The van der Waals surface area contributed by atoms with Crippen molar-refractivity contribution in [3.05, 3.63) is 36.7 Å². The highest BCUT2D eigenvalue weighted by molar-refractivity contribution is 5.78. The van der Waals surface area contributed by atoms with E-state index in [0.717, 1.165) is 54.7 Å². The lowest BCUT2D eigenvalue weighted by molar-refractivity contribution is 0.142. The van der Waals surface area contributed by atoms with E-state index in [0.29, 0.717) is 19.8 Å². The summed E-state index contributed by atoms with van der Waals surface area (Å²) in [5.41, 5.74) is 2.01. The number of benzene rings is 1. The molecule has 0 fully saturated rings. The average molecular weight is 327 g/mol. The zero-order chi connectivity index (χ0) is 16.2. The summed E-state index contributed by atoms with van der Waals surface area (Å²) in [4.78, 5) is 6.38. The number of rotatable bonds is 0. The largest absolute Gasteiger partial charge is 0.493 e. The topological polar surface area (TPSA) is 55.9 Å². The van der Waals surface area contributed by atoms with E-state index in [1.54, 1.807) is 12.4 Å². The summed E-state index contributed by atoms with van der Waals surface area (Å²) in [5, 5.41) is 3.36. The van der Waals surface area contributed by atoms with Gasteiger partial charge in [-0.25, -0.2) is 0 Å². The Balaban J connectivity index is 1.67. The van der Waals surface area contributed by atoms with Crippen LogP contribution < -0.4 is 19.7 Å². The summed E-state index contributed by atoms with van der Waals surface area (Å²) < 4.78 is 17.6. The first-order valence-corrected chi connectivity index (χ1v) is 8.36. The molecule has 2 aliphatic rings. The van der Waals surface area contributed by atoms with Crippen molar-refractivity contribution in [2.75, 3.05) is 44.4 Å². The lowest BCUT2D eigenvalue weighted by Crippen LogP contribution is -2.28. The van der Waals surface area contributed by atoms with Gasteiger partial charge in [-0.1, -0.05) is 0 Å². The van der Waals surface area contributed by atoms with Crippen LogP contribution in [0.4, 0.5) is 11.4 Å². The minimum Gasteiger partial charge on any atom is -0.493 e. The average Bonchev–Trinajstić information content (AvgIpc) is 2.62. The van der Waals surface area contributed by atoms with E-state index < -0.39 is 0 Å². The molecule has 6 nitrogen and oxygen atoms in total. The molecule has 0 saturated carbocycles. The van der Waals surface area contributed by atoms with Crippen molar-refractivity contribution in [3.8, 4) is 17.2 Å². The molecule has 24 heavy (non-hydrogen) atoms. The van der Waals surface area contributed by atoms with Crippen molar-refractivity contribution in [1.29, 1.82) is 0 Å². The smallest absolute Gasteiger partial charge is 0.169 e. The van der Waals surface area contributed by atoms with Gasteiger partial charge in [0, 0.05) is 25.4 Å². The number of nitrogens with one attached hydrogen (secondary N) is 1. The lowest BCUT2D eigenvalue weighted by atomic mass is 10.2. The van der Waals surface area contributed by atoms with Crippen LogP contribution in [0, 0.1) is 0 Å². The van der Waals surface area contributed by atoms with Gasteiger partial charge < -0.3 is 24.4 Å². The molecule has 4 rings (SSSR count). The number of anilines is 2. The predicted molar refractivity (Wildman–Crippen MR) is 91.6 cm³/mol. The molecule has 1 aromatic heterocycles. The maximum atomic E-state index is 6.00. The van der Waals surface area contributed by atoms with Crippen molar-refractivity contribution in [3.63, 3.8) is 0 Å².